The molecule has 1 aromatic rings. The van der Waals surface area contributed by atoms with E-state index in [9.17, 15) is 18.0 Å². The molecule has 2 rings (SSSR count). The van der Waals surface area contributed by atoms with E-state index < -0.39 is 17.8 Å². The van der Waals surface area contributed by atoms with Crippen molar-refractivity contribution in [1.82, 2.24) is 5.32 Å². The van der Waals surface area contributed by atoms with Gasteiger partial charge in [0.15, 0.2) is 0 Å². The Bertz CT molecular complexity index is 556. The first-order valence-electron chi connectivity index (χ1n) is 8.69. The summed E-state index contributed by atoms with van der Waals surface area (Å²) in [6, 6.07) is 4.00. The fraction of sp³-hybridized carbons (Fsp3) is 0.611. The normalized spacial score (nSPS) is 21.2. The van der Waals surface area contributed by atoms with Gasteiger partial charge < -0.3 is 15.4 Å². The minimum absolute atomic E-state index is 0.00815. The molecule has 2 N–H and O–H groups in total. The maximum absolute atomic E-state index is 12.5. The minimum Gasteiger partial charge on any atom is -0.378 e. The van der Waals surface area contributed by atoms with Crippen molar-refractivity contribution in [3.63, 3.8) is 0 Å². The highest BCUT2D eigenvalue weighted by Gasteiger charge is 2.30. The van der Waals surface area contributed by atoms with Gasteiger partial charge in [0.1, 0.15) is 0 Å². The van der Waals surface area contributed by atoms with Crippen LogP contribution in [-0.4, -0.2) is 24.8 Å². The lowest BCUT2D eigenvalue weighted by Crippen LogP contribution is -2.45. The third-order valence-electron chi connectivity index (χ3n) is 4.69. The molecule has 0 spiro atoms. The number of halogens is 3. The predicted octanol–water partition coefficient (Wildman–Crippen LogP) is 4.81. The average molecular weight is 358 g/mol. The molecule has 0 aliphatic carbocycles. The van der Waals surface area contributed by atoms with Gasteiger partial charge in [-0.25, -0.2) is 4.79 Å². The van der Waals surface area contributed by atoms with Crippen LogP contribution in [0.1, 0.15) is 45.1 Å². The Morgan fingerprint density at radius 3 is 2.44 bits per heavy atom. The zero-order valence-corrected chi connectivity index (χ0v) is 14.5. The molecule has 140 valence electrons. The summed E-state index contributed by atoms with van der Waals surface area (Å²) in [5.74, 6) is 0.475. The number of carbonyl (C=O) groups is 1. The van der Waals surface area contributed by atoms with Crippen LogP contribution in [0.2, 0.25) is 0 Å². The Hall–Kier alpha value is -1.76. The van der Waals surface area contributed by atoms with Crippen LogP contribution in [0.15, 0.2) is 24.3 Å². The van der Waals surface area contributed by atoms with Gasteiger partial charge in [-0.1, -0.05) is 26.7 Å². The smallest absolute Gasteiger partial charge is 0.378 e. The number of alkyl halides is 3. The molecule has 0 radical (unpaired) electrons. The number of ether oxygens (including phenoxy) is 1. The summed E-state index contributed by atoms with van der Waals surface area (Å²) in [5.41, 5.74) is -0.412. The zero-order valence-electron chi connectivity index (χ0n) is 14.5. The number of urea groups is 1. The summed E-state index contributed by atoms with van der Waals surface area (Å²) in [7, 11) is 0. The Balaban J connectivity index is 1.87. The van der Waals surface area contributed by atoms with Crippen LogP contribution >= 0.6 is 0 Å². The van der Waals surface area contributed by atoms with E-state index in [2.05, 4.69) is 24.5 Å². The van der Waals surface area contributed by atoms with E-state index in [1.54, 1.807) is 0 Å². The largest absolute Gasteiger partial charge is 0.416 e. The predicted molar refractivity (Wildman–Crippen MR) is 90.4 cm³/mol. The highest BCUT2D eigenvalue weighted by atomic mass is 19.4. The molecule has 2 atom stereocenters. The molecule has 0 aromatic heterocycles. The minimum atomic E-state index is -4.38. The second-order valence-corrected chi connectivity index (χ2v) is 6.38. The highest BCUT2D eigenvalue weighted by molar-refractivity contribution is 5.89. The van der Waals surface area contributed by atoms with Gasteiger partial charge in [0.2, 0.25) is 0 Å². The summed E-state index contributed by atoms with van der Waals surface area (Å²) in [5, 5.41) is 5.47. The highest BCUT2D eigenvalue weighted by Crippen LogP contribution is 2.30. The monoisotopic (exact) mass is 358 g/mol. The Morgan fingerprint density at radius 1 is 1.24 bits per heavy atom. The Morgan fingerprint density at radius 2 is 1.88 bits per heavy atom. The molecule has 1 aliphatic heterocycles. The van der Waals surface area contributed by atoms with Gasteiger partial charge in [0.25, 0.3) is 0 Å². The molecular weight excluding hydrogens is 333 g/mol. The van der Waals surface area contributed by atoms with Crippen molar-refractivity contribution in [3.05, 3.63) is 29.8 Å². The number of benzene rings is 1. The lowest BCUT2D eigenvalue weighted by Gasteiger charge is -2.34. The lowest BCUT2D eigenvalue weighted by atomic mass is 9.89. The number of hydrogen-bond acceptors (Lipinski definition) is 2. The molecule has 0 bridgehead atoms. The molecule has 1 heterocycles. The maximum atomic E-state index is 12.5. The molecule has 2 amide bonds. The van der Waals surface area contributed by atoms with Crippen LogP contribution in [0.4, 0.5) is 23.7 Å². The van der Waals surface area contributed by atoms with Gasteiger partial charge >= 0.3 is 12.2 Å². The van der Waals surface area contributed by atoms with Crippen molar-refractivity contribution in [2.75, 3.05) is 11.9 Å². The molecule has 0 saturated carbocycles. The van der Waals surface area contributed by atoms with E-state index in [0.29, 0.717) is 18.2 Å². The number of rotatable bonds is 5. The fourth-order valence-electron chi connectivity index (χ4n) is 3.20. The van der Waals surface area contributed by atoms with Crippen LogP contribution in [0.25, 0.3) is 0 Å². The first kappa shape index (κ1) is 19.6. The summed E-state index contributed by atoms with van der Waals surface area (Å²) < 4.78 is 43.4. The van der Waals surface area contributed by atoms with Crippen LogP contribution in [-0.2, 0) is 10.9 Å². The molecule has 25 heavy (non-hydrogen) atoms. The molecule has 1 fully saturated rings. The second kappa shape index (κ2) is 8.56. The molecule has 1 aliphatic rings. The van der Waals surface area contributed by atoms with Crippen LogP contribution in [0, 0.1) is 5.92 Å². The summed E-state index contributed by atoms with van der Waals surface area (Å²) >= 11 is 0. The second-order valence-electron chi connectivity index (χ2n) is 6.38. The Labute approximate surface area is 146 Å². The van der Waals surface area contributed by atoms with E-state index in [1.807, 2.05) is 0 Å². The number of amides is 2. The third kappa shape index (κ3) is 5.63. The summed E-state index contributed by atoms with van der Waals surface area (Å²) in [6.07, 6.45) is -0.686. The lowest BCUT2D eigenvalue weighted by molar-refractivity contribution is -0.137. The van der Waals surface area contributed by atoms with Gasteiger partial charge in [-0.2, -0.15) is 13.2 Å². The summed E-state index contributed by atoms with van der Waals surface area (Å²) in [4.78, 5) is 12.1. The van der Waals surface area contributed by atoms with E-state index in [4.69, 9.17) is 4.74 Å². The number of carbonyl (C=O) groups excluding carboxylic acids is 1. The fourth-order valence-corrected chi connectivity index (χ4v) is 3.20. The standard InChI is InChI=1S/C18H25F3N2O2/c1-3-12(4-2)16-11-15(9-10-25-16)23-17(24)22-14-7-5-13(6-8-14)18(19,20)21/h5-8,12,15-16H,3-4,9-11H2,1-2H3,(H2,22,23,24)/t15-,16-/m0/s1. The van der Waals surface area contributed by atoms with Crippen molar-refractivity contribution >= 4 is 11.7 Å². The first-order valence-corrected chi connectivity index (χ1v) is 8.69. The first-order chi connectivity index (χ1) is 11.8. The van der Waals surface area contributed by atoms with Gasteiger partial charge in [-0.05, 0) is 43.0 Å². The SMILES string of the molecule is CCC(CC)[C@@H]1C[C@@H](NC(=O)Nc2ccc(C(F)(F)F)cc2)CCO1. The van der Waals surface area contributed by atoms with Gasteiger partial charge in [-0.15, -0.1) is 0 Å². The van der Waals surface area contributed by atoms with Crippen LogP contribution in [0.5, 0.6) is 0 Å². The van der Waals surface area contributed by atoms with Crippen molar-refractivity contribution in [1.29, 1.82) is 0 Å². The molecule has 1 saturated heterocycles. The summed E-state index contributed by atoms with van der Waals surface area (Å²) in [6.45, 7) is 4.87. The number of hydrogen-bond donors (Lipinski definition) is 2. The quantitative estimate of drug-likeness (QED) is 0.793. The molecule has 4 nitrogen and oxygen atoms in total. The molecular formula is C18H25F3N2O2. The average Bonchev–Trinajstić information content (AvgIpc) is 2.56. The topological polar surface area (TPSA) is 50.4 Å². The molecule has 7 heteroatoms. The zero-order chi connectivity index (χ0) is 18.4. The van der Waals surface area contributed by atoms with E-state index in [0.717, 1.165) is 37.8 Å². The third-order valence-corrected chi connectivity index (χ3v) is 4.69. The molecule has 1 aromatic carbocycles. The molecule has 0 unspecified atom stereocenters. The van der Waals surface area contributed by atoms with Gasteiger partial charge in [-0.3, -0.25) is 0 Å². The van der Waals surface area contributed by atoms with E-state index in [-0.39, 0.29) is 12.1 Å². The van der Waals surface area contributed by atoms with E-state index in [1.165, 1.54) is 12.1 Å². The van der Waals surface area contributed by atoms with Crippen LogP contribution < -0.4 is 10.6 Å². The van der Waals surface area contributed by atoms with Crippen LogP contribution in [0.3, 0.4) is 0 Å². The van der Waals surface area contributed by atoms with Crippen molar-refractivity contribution in [3.8, 4) is 0 Å². The van der Waals surface area contributed by atoms with E-state index >= 15 is 0 Å². The van der Waals surface area contributed by atoms with Crippen molar-refractivity contribution < 1.29 is 22.7 Å². The Kier molecular flexibility index (Phi) is 6.70. The number of nitrogens with one attached hydrogen (secondary N) is 2. The maximum Gasteiger partial charge on any atom is 0.416 e. The van der Waals surface area contributed by atoms with Gasteiger partial charge in [0, 0.05) is 18.3 Å². The number of anilines is 1. The van der Waals surface area contributed by atoms with Gasteiger partial charge in [0.05, 0.1) is 11.7 Å². The van der Waals surface area contributed by atoms with Crippen molar-refractivity contribution in [2.24, 2.45) is 5.92 Å². The van der Waals surface area contributed by atoms with Crippen molar-refractivity contribution in [2.45, 2.75) is 57.9 Å².